The minimum absolute atomic E-state index is 0.721. The van der Waals surface area contributed by atoms with Crippen LogP contribution in [0.4, 0.5) is 0 Å². The summed E-state index contributed by atoms with van der Waals surface area (Å²) in [6.07, 6.45) is 13.5. The third kappa shape index (κ3) is 5.28. The highest BCUT2D eigenvalue weighted by molar-refractivity contribution is 4.98. The summed E-state index contributed by atoms with van der Waals surface area (Å²) >= 11 is 0. The number of nitrogens with zero attached hydrogens (tertiary/aromatic N) is 3. The Morgan fingerprint density at radius 2 is 1.41 bits per heavy atom. The highest BCUT2D eigenvalue weighted by Gasteiger charge is 2.45. The molecule has 4 aliphatic rings. The average molecular weight is 376 g/mol. The number of piperazine rings is 1. The number of hydrogen-bond acceptors (Lipinski definition) is 3. The summed E-state index contributed by atoms with van der Waals surface area (Å²) in [5.41, 5.74) is 1.45. The van der Waals surface area contributed by atoms with E-state index < -0.39 is 0 Å². The van der Waals surface area contributed by atoms with Crippen molar-refractivity contribution in [1.29, 1.82) is 0 Å². The molecule has 2 aliphatic heterocycles. The first-order valence-electron chi connectivity index (χ1n) is 12.1. The summed E-state index contributed by atoms with van der Waals surface area (Å²) in [4.78, 5) is 8.07. The second kappa shape index (κ2) is 8.32. The summed E-state index contributed by atoms with van der Waals surface area (Å²) in [5, 5.41) is 0. The number of piperidine rings is 1. The van der Waals surface area contributed by atoms with Crippen LogP contribution < -0.4 is 0 Å². The molecule has 0 bridgehead atoms. The van der Waals surface area contributed by atoms with Crippen LogP contribution in [0.2, 0.25) is 0 Å². The van der Waals surface area contributed by atoms with Crippen LogP contribution in [0, 0.1) is 22.7 Å². The van der Waals surface area contributed by atoms with E-state index in [-0.39, 0.29) is 0 Å². The highest BCUT2D eigenvalue weighted by Crippen LogP contribution is 2.52. The summed E-state index contributed by atoms with van der Waals surface area (Å²) in [6, 6.07) is 0. The van der Waals surface area contributed by atoms with Gasteiger partial charge in [0.15, 0.2) is 0 Å². The SMILES string of the molecule is CC(C)CC1(CN2CCC3(CCC(CN4CCN(C)CC4)CC3)CC2)CC1. The summed E-state index contributed by atoms with van der Waals surface area (Å²) in [5.74, 6) is 1.86. The van der Waals surface area contributed by atoms with Gasteiger partial charge in [-0.15, -0.1) is 0 Å². The number of rotatable bonds is 6. The van der Waals surface area contributed by atoms with E-state index in [1.54, 1.807) is 0 Å². The smallest absolute Gasteiger partial charge is 0.0110 e. The largest absolute Gasteiger partial charge is 0.304 e. The molecule has 0 aromatic heterocycles. The molecule has 0 aromatic rings. The summed E-state index contributed by atoms with van der Waals surface area (Å²) in [7, 11) is 2.27. The molecule has 27 heavy (non-hydrogen) atoms. The van der Waals surface area contributed by atoms with Gasteiger partial charge in [-0.3, -0.25) is 0 Å². The monoisotopic (exact) mass is 375 g/mol. The second-order valence-electron chi connectivity index (χ2n) is 11.4. The zero-order chi connectivity index (χ0) is 18.9. The molecule has 156 valence electrons. The van der Waals surface area contributed by atoms with E-state index in [1.165, 1.54) is 110 Å². The van der Waals surface area contributed by atoms with Crippen molar-refractivity contribution in [3.8, 4) is 0 Å². The van der Waals surface area contributed by atoms with Crippen LogP contribution in [-0.4, -0.2) is 74.1 Å². The van der Waals surface area contributed by atoms with Gasteiger partial charge in [-0.2, -0.15) is 0 Å². The first-order chi connectivity index (χ1) is 13.0. The zero-order valence-corrected chi connectivity index (χ0v) is 18.5. The van der Waals surface area contributed by atoms with Gasteiger partial charge in [0.1, 0.15) is 0 Å². The minimum atomic E-state index is 0.721. The van der Waals surface area contributed by atoms with Crippen molar-refractivity contribution in [3.05, 3.63) is 0 Å². The first-order valence-corrected chi connectivity index (χ1v) is 12.1. The zero-order valence-electron chi connectivity index (χ0n) is 18.5. The van der Waals surface area contributed by atoms with Crippen LogP contribution in [0.25, 0.3) is 0 Å². The van der Waals surface area contributed by atoms with Gasteiger partial charge in [0, 0.05) is 39.3 Å². The lowest BCUT2D eigenvalue weighted by molar-refractivity contribution is 0.0318. The maximum atomic E-state index is 2.84. The number of likely N-dealkylation sites (tertiary alicyclic amines) is 1. The molecule has 2 aliphatic carbocycles. The molecular formula is C24H45N3. The fourth-order valence-electron chi connectivity index (χ4n) is 6.50. The van der Waals surface area contributed by atoms with Crippen LogP contribution in [0.3, 0.4) is 0 Å². The van der Waals surface area contributed by atoms with E-state index in [4.69, 9.17) is 0 Å². The molecule has 1 spiro atoms. The molecule has 3 nitrogen and oxygen atoms in total. The van der Waals surface area contributed by atoms with Gasteiger partial charge in [0.25, 0.3) is 0 Å². The van der Waals surface area contributed by atoms with E-state index in [9.17, 15) is 0 Å². The maximum Gasteiger partial charge on any atom is 0.0110 e. The Balaban J connectivity index is 1.18. The van der Waals surface area contributed by atoms with Gasteiger partial charge in [-0.05, 0) is 101 Å². The fraction of sp³-hybridized carbons (Fsp3) is 1.00. The van der Waals surface area contributed by atoms with Crippen LogP contribution in [0.1, 0.15) is 71.6 Å². The molecule has 0 radical (unpaired) electrons. The Morgan fingerprint density at radius 1 is 0.778 bits per heavy atom. The molecule has 4 rings (SSSR count). The predicted molar refractivity (Wildman–Crippen MR) is 115 cm³/mol. The van der Waals surface area contributed by atoms with Gasteiger partial charge in [0.2, 0.25) is 0 Å². The molecule has 0 unspecified atom stereocenters. The van der Waals surface area contributed by atoms with E-state index >= 15 is 0 Å². The molecule has 3 heteroatoms. The fourth-order valence-corrected chi connectivity index (χ4v) is 6.50. The average Bonchev–Trinajstić information content (AvgIpc) is 3.39. The van der Waals surface area contributed by atoms with Gasteiger partial charge in [0.05, 0.1) is 0 Å². The Kier molecular flexibility index (Phi) is 6.21. The molecular weight excluding hydrogens is 330 g/mol. The minimum Gasteiger partial charge on any atom is -0.304 e. The van der Waals surface area contributed by atoms with Crippen molar-refractivity contribution in [2.75, 3.05) is 59.4 Å². The Labute approximate surface area is 168 Å². The van der Waals surface area contributed by atoms with E-state index in [0.717, 1.165) is 22.7 Å². The van der Waals surface area contributed by atoms with E-state index in [1.807, 2.05) is 0 Å². The first kappa shape index (κ1) is 20.2. The normalized spacial score (nSPS) is 30.2. The predicted octanol–water partition coefficient (Wildman–Crippen LogP) is 4.33. The lowest BCUT2D eigenvalue weighted by Gasteiger charge is -2.47. The van der Waals surface area contributed by atoms with Crippen LogP contribution in [-0.2, 0) is 0 Å². The number of likely N-dealkylation sites (N-methyl/N-ethyl adjacent to an activating group) is 1. The lowest BCUT2D eigenvalue weighted by Crippen LogP contribution is -2.47. The van der Waals surface area contributed by atoms with Gasteiger partial charge >= 0.3 is 0 Å². The van der Waals surface area contributed by atoms with Gasteiger partial charge in [-0.1, -0.05) is 13.8 Å². The van der Waals surface area contributed by atoms with Gasteiger partial charge in [-0.25, -0.2) is 0 Å². The Bertz CT molecular complexity index is 458. The van der Waals surface area contributed by atoms with Crippen molar-refractivity contribution < 1.29 is 0 Å². The molecule has 2 saturated heterocycles. The Hall–Kier alpha value is -0.120. The van der Waals surface area contributed by atoms with E-state index in [2.05, 4.69) is 35.6 Å². The number of hydrogen-bond donors (Lipinski definition) is 0. The topological polar surface area (TPSA) is 9.72 Å². The van der Waals surface area contributed by atoms with Gasteiger partial charge < -0.3 is 14.7 Å². The Morgan fingerprint density at radius 3 is 1.96 bits per heavy atom. The summed E-state index contributed by atoms with van der Waals surface area (Å²) < 4.78 is 0. The lowest BCUT2D eigenvalue weighted by atomic mass is 9.65. The second-order valence-corrected chi connectivity index (χ2v) is 11.4. The molecule has 2 saturated carbocycles. The van der Waals surface area contributed by atoms with Crippen molar-refractivity contribution in [3.63, 3.8) is 0 Å². The molecule has 0 aromatic carbocycles. The van der Waals surface area contributed by atoms with Crippen LogP contribution in [0.5, 0.6) is 0 Å². The van der Waals surface area contributed by atoms with E-state index in [0.29, 0.717) is 0 Å². The molecule has 0 atom stereocenters. The van der Waals surface area contributed by atoms with Crippen molar-refractivity contribution >= 4 is 0 Å². The summed E-state index contributed by atoms with van der Waals surface area (Å²) in [6.45, 7) is 15.5. The standard InChI is InChI=1S/C24H45N3/c1-21(2)18-24(8-9-24)20-27-12-10-23(11-13-27)6-4-22(5-7-23)19-26-16-14-25(3)15-17-26/h21-22H,4-20H2,1-3H3. The van der Waals surface area contributed by atoms with Crippen LogP contribution in [0.15, 0.2) is 0 Å². The van der Waals surface area contributed by atoms with Crippen LogP contribution >= 0.6 is 0 Å². The molecule has 2 heterocycles. The maximum absolute atomic E-state index is 2.84. The van der Waals surface area contributed by atoms with Crippen molar-refractivity contribution in [2.24, 2.45) is 22.7 Å². The highest BCUT2D eigenvalue weighted by atomic mass is 15.2. The molecule has 4 fully saturated rings. The quantitative estimate of drug-likeness (QED) is 0.684. The third-order valence-corrected chi connectivity index (χ3v) is 8.55. The van der Waals surface area contributed by atoms with Crippen molar-refractivity contribution in [2.45, 2.75) is 71.6 Å². The van der Waals surface area contributed by atoms with Crippen molar-refractivity contribution in [1.82, 2.24) is 14.7 Å². The molecule has 0 N–H and O–H groups in total. The molecule has 0 amide bonds. The third-order valence-electron chi connectivity index (χ3n) is 8.55.